The molecule has 1 saturated heterocycles. The Hall–Kier alpha value is -3.42. The van der Waals surface area contributed by atoms with E-state index in [0.29, 0.717) is 36.3 Å². The molecule has 1 saturated carbocycles. The first kappa shape index (κ1) is 31.0. The predicted molar refractivity (Wildman–Crippen MR) is 166 cm³/mol. The summed E-state index contributed by atoms with van der Waals surface area (Å²) in [6.07, 6.45) is 7.32. The molecule has 0 aromatic heterocycles. The molecule has 7 heteroatoms. The molecule has 2 aliphatic carbocycles. The molecule has 0 radical (unpaired) electrons. The number of amides is 2. The van der Waals surface area contributed by atoms with Crippen LogP contribution in [0, 0.1) is 31.6 Å². The Bertz CT molecular complexity index is 1370. The summed E-state index contributed by atoms with van der Waals surface area (Å²) in [6, 6.07) is 13.2. The first-order chi connectivity index (χ1) is 20.7. The van der Waals surface area contributed by atoms with Crippen molar-refractivity contribution in [1.82, 2.24) is 4.90 Å². The highest BCUT2D eigenvalue weighted by Gasteiger charge is 2.56. The summed E-state index contributed by atoms with van der Waals surface area (Å²) in [4.78, 5) is 29.1. The number of aliphatic hydroxyl groups is 2. The highest BCUT2D eigenvalue weighted by Crippen LogP contribution is 2.47. The highest BCUT2D eigenvalue weighted by atomic mass is 16.5. The molecule has 230 valence electrons. The number of ether oxygens (including phenoxy) is 1. The smallest absolute Gasteiger partial charge is 0.234 e. The molecule has 1 heterocycles. The van der Waals surface area contributed by atoms with Crippen LogP contribution in [-0.4, -0.2) is 57.4 Å². The second-order valence-electron chi connectivity index (χ2n) is 12.7. The molecule has 1 aliphatic heterocycles. The zero-order chi connectivity index (χ0) is 30.7. The van der Waals surface area contributed by atoms with Crippen molar-refractivity contribution < 1.29 is 29.6 Å². The van der Waals surface area contributed by atoms with Crippen molar-refractivity contribution in [3.8, 4) is 11.5 Å². The zero-order valence-corrected chi connectivity index (χ0v) is 25.6. The lowest BCUT2D eigenvalue weighted by molar-refractivity contribution is -0.143. The SMILES string of the molecule is C/C(=C\c1cc(C)c(O)c(C)c1)CC[C@@H](O)C1=C(COc2ccccc2)C[C@H]2C(=O)N(C3CCCCC3)C(=O)[C@H]2[C@H]1CO. The van der Waals surface area contributed by atoms with Crippen molar-refractivity contribution in [3.63, 3.8) is 0 Å². The number of allylic oxidation sites excluding steroid dienone is 1. The minimum atomic E-state index is -0.897. The number of phenols is 1. The number of imide groups is 1. The van der Waals surface area contributed by atoms with Crippen LogP contribution >= 0.6 is 0 Å². The third-order valence-corrected chi connectivity index (χ3v) is 9.61. The van der Waals surface area contributed by atoms with Crippen LogP contribution in [0.1, 0.15) is 75.0 Å². The van der Waals surface area contributed by atoms with E-state index in [-0.39, 0.29) is 31.1 Å². The molecule has 43 heavy (non-hydrogen) atoms. The number of fused-ring (bicyclic) bond motifs is 1. The summed E-state index contributed by atoms with van der Waals surface area (Å²) in [5.74, 6) is -1.19. The van der Waals surface area contributed by atoms with Crippen molar-refractivity contribution in [2.45, 2.75) is 84.3 Å². The van der Waals surface area contributed by atoms with Gasteiger partial charge in [-0.15, -0.1) is 0 Å². The lowest BCUT2D eigenvalue weighted by Gasteiger charge is -2.36. The molecule has 3 aliphatic rings. The number of carbonyl (C=O) groups excluding carboxylic acids is 2. The minimum absolute atomic E-state index is 0.0731. The summed E-state index contributed by atoms with van der Waals surface area (Å²) in [5, 5.41) is 32.5. The van der Waals surface area contributed by atoms with Crippen LogP contribution in [-0.2, 0) is 9.59 Å². The Morgan fingerprint density at radius 2 is 1.72 bits per heavy atom. The van der Waals surface area contributed by atoms with Crippen LogP contribution in [0.2, 0.25) is 0 Å². The van der Waals surface area contributed by atoms with Gasteiger partial charge in [-0.25, -0.2) is 0 Å². The van der Waals surface area contributed by atoms with Gasteiger partial charge in [-0.2, -0.15) is 0 Å². The van der Waals surface area contributed by atoms with Crippen molar-refractivity contribution in [2.24, 2.45) is 17.8 Å². The summed E-state index contributed by atoms with van der Waals surface area (Å²) in [6.45, 7) is 5.63. The van der Waals surface area contributed by atoms with E-state index in [9.17, 15) is 24.9 Å². The molecule has 2 aromatic carbocycles. The number of likely N-dealkylation sites (tertiary alicyclic amines) is 1. The maximum absolute atomic E-state index is 13.9. The van der Waals surface area contributed by atoms with Gasteiger partial charge in [0, 0.05) is 12.0 Å². The molecule has 0 bridgehead atoms. The number of aliphatic hydroxyl groups excluding tert-OH is 2. The van der Waals surface area contributed by atoms with Gasteiger partial charge in [0.15, 0.2) is 0 Å². The summed E-state index contributed by atoms with van der Waals surface area (Å²) < 4.78 is 6.12. The molecule has 3 N–H and O–H groups in total. The molecule has 2 aromatic rings. The van der Waals surface area contributed by atoms with E-state index < -0.39 is 23.9 Å². The van der Waals surface area contributed by atoms with E-state index in [1.807, 2.05) is 63.2 Å². The van der Waals surface area contributed by atoms with Crippen molar-refractivity contribution in [1.29, 1.82) is 0 Å². The quantitative estimate of drug-likeness (QED) is 0.237. The zero-order valence-electron chi connectivity index (χ0n) is 25.6. The fourth-order valence-electron chi connectivity index (χ4n) is 7.45. The number of phenolic OH excluding ortho intramolecular Hbond substituents is 1. The first-order valence-corrected chi connectivity index (χ1v) is 15.7. The molecule has 4 atom stereocenters. The topological polar surface area (TPSA) is 107 Å². The number of carbonyl (C=O) groups is 2. The van der Waals surface area contributed by atoms with Gasteiger partial charge in [0.05, 0.1) is 24.5 Å². The molecule has 2 amide bonds. The lowest BCUT2D eigenvalue weighted by Crippen LogP contribution is -2.42. The molecular weight excluding hydrogens is 542 g/mol. The number of aromatic hydroxyl groups is 1. The maximum Gasteiger partial charge on any atom is 0.234 e. The van der Waals surface area contributed by atoms with Crippen LogP contribution < -0.4 is 4.74 Å². The van der Waals surface area contributed by atoms with E-state index in [1.165, 1.54) is 4.90 Å². The summed E-state index contributed by atoms with van der Waals surface area (Å²) >= 11 is 0. The fraction of sp³-hybridized carbons (Fsp3) is 0.500. The molecule has 2 fully saturated rings. The summed E-state index contributed by atoms with van der Waals surface area (Å²) in [7, 11) is 0. The standard InChI is InChI=1S/C36H45NO6/c1-22(16-25-17-23(2)34(40)24(3)18-25)14-15-31(39)32-26(21-43-28-12-8-5-9-13-28)19-29-33(30(32)20-38)36(42)37(35(29)41)27-10-6-4-7-11-27/h5,8-9,12-13,16-18,27,29-31,33,38-40H,4,6-7,10-11,14-15,19-21H2,1-3H3/b22-16+/t29-,30+,31-,33-/m1/s1. The van der Waals surface area contributed by atoms with E-state index in [2.05, 4.69) is 6.08 Å². The van der Waals surface area contributed by atoms with Gasteiger partial charge in [-0.1, -0.05) is 49.1 Å². The van der Waals surface area contributed by atoms with Crippen LogP contribution in [0.5, 0.6) is 11.5 Å². The van der Waals surface area contributed by atoms with E-state index in [1.54, 1.807) is 0 Å². The van der Waals surface area contributed by atoms with Crippen molar-refractivity contribution in [3.05, 3.63) is 75.9 Å². The van der Waals surface area contributed by atoms with Crippen LogP contribution in [0.3, 0.4) is 0 Å². The molecule has 0 spiro atoms. The Morgan fingerprint density at radius 1 is 1.05 bits per heavy atom. The van der Waals surface area contributed by atoms with Crippen molar-refractivity contribution in [2.75, 3.05) is 13.2 Å². The first-order valence-electron chi connectivity index (χ1n) is 15.7. The molecule has 7 nitrogen and oxygen atoms in total. The van der Waals surface area contributed by atoms with Gasteiger partial charge >= 0.3 is 0 Å². The maximum atomic E-state index is 13.9. The Morgan fingerprint density at radius 3 is 2.37 bits per heavy atom. The van der Waals surface area contributed by atoms with E-state index in [4.69, 9.17) is 4.74 Å². The van der Waals surface area contributed by atoms with Crippen LogP contribution in [0.4, 0.5) is 0 Å². The number of nitrogens with zero attached hydrogens (tertiary/aromatic N) is 1. The van der Waals surface area contributed by atoms with Gasteiger partial charge in [0.2, 0.25) is 11.8 Å². The Balaban J connectivity index is 1.41. The molecule has 5 rings (SSSR count). The molecule has 0 unspecified atom stereocenters. The van der Waals surface area contributed by atoms with Gasteiger partial charge in [-0.3, -0.25) is 14.5 Å². The van der Waals surface area contributed by atoms with E-state index >= 15 is 0 Å². The average molecular weight is 588 g/mol. The normalized spacial score (nSPS) is 24.0. The minimum Gasteiger partial charge on any atom is -0.507 e. The fourth-order valence-corrected chi connectivity index (χ4v) is 7.45. The monoisotopic (exact) mass is 587 g/mol. The van der Waals surface area contributed by atoms with Gasteiger partial charge in [-0.05, 0) is 105 Å². The predicted octanol–water partition coefficient (Wildman–Crippen LogP) is 5.88. The number of hydrogen-bond donors (Lipinski definition) is 3. The van der Waals surface area contributed by atoms with Gasteiger partial charge in [0.1, 0.15) is 18.1 Å². The number of benzene rings is 2. The Kier molecular flexibility index (Phi) is 9.72. The largest absolute Gasteiger partial charge is 0.507 e. The third kappa shape index (κ3) is 6.58. The second kappa shape index (κ2) is 13.5. The van der Waals surface area contributed by atoms with E-state index in [0.717, 1.165) is 59.9 Å². The number of aryl methyl sites for hydroxylation is 2. The molecular formula is C36H45NO6. The average Bonchev–Trinajstić information content (AvgIpc) is 3.26. The van der Waals surface area contributed by atoms with Gasteiger partial charge in [0.25, 0.3) is 0 Å². The number of hydrogen-bond acceptors (Lipinski definition) is 6. The van der Waals surface area contributed by atoms with Crippen LogP contribution in [0.15, 0.2) is 59.2 Å². The Labute approximate surface area is 254 Å². The van der Waals surface area contributed by atoms with Gasteiger partial charge < -0.3 is 20.1 Å². The van der Waals surface area contributed by atoms with Crippen LogP contribution in [0.25, 0.3) is 6.08 Å². The summed E-state index contributed by atoms with van der Waals surface area (Å²) in [5.41, 5.74) is 5.13. The number of rotatable bonds is 10. The third-order valence-electron chi connectivity index (χ3n) is 9.61. The van der Waals surface area contributed by atoms with Crippen molar-refractivity contribution >= 4 is 17.9 Å². The highest BCUT2D eigenvalue weighted by molar-refractivity contribution is 6.06. The lowest BCUT2D eigenvalue weighted by atomic mass is 9.68. The number of para-hydroxylation sites is 1. The second-order valence-corrected chi connectivity index (χ2v) is 12.7.